The molecule has 1 amide bonds. The third kappa shape index (κ3) is 6.59. The van der Waals surface area contributed by atoms with Crippen molar-refractivity contribution in [3.63, 3.8) is 0 Å². The molecule has 3 rings (SSSR count). The Labute approximate surface area is 199 Å². The van der Waals surface area contributed by atoms with Gasteiger partial charge in [0.2, 0.25) is 5.91 Å². The summed E-state index contributed by atoms with van der Waals surface area (Å²) in [5.74, 6) is 1.69. The number of thiazole rings is 1. The van der Waals surface area contributed by atoms with Crippen molar-refractivity contribution in [1.82, 2.24) is 9.88 Å². The molecule has 0 unspecified atom stereocenters. The minimum Gasteiger partial charge on any atom is -0.497 e. The fraction of sp³-hybridized carbons (Fsp3) is 0.391. The standard InChI is InChI=1S/C23H29N3O2S2.ClH/c1-16-6-7-17(2)22-21(16)24-23(30-22)26(14-13-25(3)4)20(27)12-15-29-19-10-8-18(28-5)9-11-19;/h6-11H,12-15H2,1-5H3;1H. The van der Waals surface area contributed by atoms with Crippen molar-refractivity contribution in [3.05, 3.63) is 47.5 Å². The Bertz CT molecular complexity index is 967. The highest BCUT2D eigenvalue weighted by Gasteiger charge is 2.21. The van der Waals surface area contributed by atoms with Crippen LogP contribution in [0.4, 0.5) is 5.13 Å². The summed E-state index contributed by atoms with van der Waals surface area (Å²) in [4.78, 5) is 23.1. The Balaban J connectivity index is 0.00000341. The van der Waals surface area contributed by atoms with Gasteiger partial charge in [0, 0.05) is 30.2 Å². The van der Waals surface area contributed by atoms with E-state index in [-0.39, 0.29) is 18.3 Å². The summed E-state index contributed by atoms with van der Waals surface area (Å²) in [5, 5.41) is 0.795. The van der Waals surface area contributed by atoms with E-state index >= 15 is 0 Å². The van der Waals surface area contributed by atoms with E-state index in [0.717, 1.165) is 39.2 Å². The largest absolute Gasteiger partial charge is 0.497 e. The van der Waals surface area contributed by atoms with Crippen molar-refractivity contribution in [2.75, 3.05) is 44.9 Å². The number of carbonyl (C=O) groups is 1. The maximum atomic E-state index is 13.1. The van der Waals surface area contributed by atoms with Crippen LogP contribution in [-0.4, -0.2) is 55.8 Å². The predicted molar refractivity (Wildman–Crippen MR) is 136 cm³/mol. The molecule has 0 saturated carbocycles. The number of nitrogens with zero attached hydrogens (tertiary/aromatic N) is 3. The number of likely N-dealkylation sites (N-methyl/N-ethyl adjacent to an activating group) is 1. The lowest BCUT2D eigenvalue weighted by Gasteiger charge is -2.22. The molecule has 5 nitrogen and oxygen atoms in total. The Hall–Kier alpha value is -1.80. The number of thioether (sulfide) groups is 1. The van der Waals surface area contributed by atoms with Gasteiger partial charge in [-0.2, -0.15) is 0 Å². The molecule has 31 heavy (non-hydrogen) atoms. The van der Waals surface area contributed by atoms with Crippen LogP contribution in [0, 0.1) is 13.8 Å². The summed E-state index contributed by atoms with van der Waals surface area (Å²) in [6.45, 7) is 5.60. The number of carbonyl (C=O) groups excluding carboxylic acids is 1. The van der Waals surface area contributed by atoms with Gasteiger partial charge in [0.25, 0.3) is 0 Å². The average molecular weight is 480 g/mol. The number of aryl methyl sites for hydroxylation is 2. The Morgan fingerprint density at radius 1 is 1.06 bits per heavy atom. The fourth-order valence-electron chi connectivity index (χ4n) is 3.05. The first kappa shape index (κ1) is 25.5. The van der Waals surface area contributed by atoms with Crippen molar-refractivity contribution in [3.8, 4) is 5.75 Å². The van der Waals surface area contributed by atoms with Crippen LogP contribution < -0.4 is 9.64 Å². The third-order valence-electron chi connectivity index (χ3n) is 4.88. The molecule has 0 bridgehead atoms. The van der Waals surface area contributed by atoms with Crippen molar-refractivity contribution in [2.45, 2.75) is 25.2 Å². The summed E-state index contributed by atoms with van der Waals surface area (Å²) in [6.07, 6.45) is 0.470. The molecule has 0 aliphatic heterocycles. The molecule has 0 radical (unpaired) electrons. The van der Waals surface area contributed by atoms with E-state index in [1.54, 1.807) is 30.2 Å². The van der Waals surface area contributed by atoms with Gasteiger partial charge in [-0.3, -0.25) is 9.69 Å². The van der Waals surface area contributed by atoms with Gasteiger partial charge in [-0.25, -0.2) is 4.98 Å². The Kier molecular flexibility index (Phi) is 9.62. The molecular formula is C23H30ClN3O2S2. The highest BCUT2D eigenvalue weighted by molar-refractivity contribution is 7.99. The second-order valence-electron chi connectivity index (χ2n) is 7.50. The maximum Gasteiger partial charge on any atom is 0.229 e. The second kappa shape index (κ2) is 11.7. The van der Waals surface area contributed by atoms with Gasteiger partial charge in [0.1, 0.15) is 5.75 Å². The second-order valence-corrected chi connectivity index (χ2v) is 9.64. The van der Waals surface area contributed by atoms with E-state index < -0.39 is 0 Å². The first-order valence-electron chi connectivity index (χ1n) is 9.97. The molecule has 0 N–H and O–H groups in total. The van der Waals surface area contributed by atoms with E-state index in [9.17, 15) is 4.79 Å². The number of anilines is 1. The lowest BCUT2D eigenvalue weighted by Crippen LogP contribution is -2.36. The van der Waals surface area contributed by atoms with Crippen LogP contribution in [0.3, 0.4) is 0 Å². The number of ether oxygens (including phenoxy) is 1. The summed E-state index contributed by atoms with van der Waals surface area (Å²) in [7, 11) is 5.71. The van der Waals surface area contributed by atoms with Crippen LogP contribution in [0.25, 0.3) is 10.2 Å². The lowest BCUT2D eigenvalue weighted by atomic mass is 10.1. The summed E-state index contributed by atoms with van der Waals surface area (Å²) in [5.41, 5.74) is 3.35. The number of amides is 1. The van der Waals surface area contributed by atoms with Crippen molar-refractivity contribution in [2.24, 2.45) is 0 Å². The molecule has 0 spiro atoms. The number of halogens is 1. The van der Waals surface area contributed by atoms with Crippen LogP contribution in [0.1, 0.15) is 17.5 Å². The van der Waals surface area contributed by atoms with Gasteiger partial charge < -0.3 is 9.64 Å². The van der Waals surface area contributed by atoms with Gasteiger partial charge in [-0.1, -0.05) is 23.5 Å². The molecule has 1 aromatic heterocycles. The Morgan fingerprint density at radius 3 is 2.35 bits per heavy atom. The molecular weight excluding hydrogens is 450 g/mol. The number of fused-ring (bicyclic) bond motifs is 1. The van der Waals surface area contributed by atoms with E-state index in [2.05, 4.69) is 30.9 Å². The monoisotopic (exact) mass is 479 g/mol. The molecule has 0 fully saturated rings. The van der Waals surface area contributed by atoms with Gasteiger partial charge >= 0.3 is 0 Å². The molecule has 3 aromatic rings. The van der Waals surface area contributed by atoms with E-state index in [0.29, 0.717) is 13.0 Å². The fourth-order valence-corrected chi connectivity index (χ4v) is 5.05. The first-order chi connectivity index (χ1) is 14.4. The van der Waals surface area contributed by atoms with Crippen LogP contribution in [-0.2, 0) is 4.79 Å². The molecule has 2 aromatic carbocycles. The zero-order valence-electron chi connectivity index (χ0n) is 18.7. The zero-order chi connectivity index (χ0) is 21.7. The lowest BCUT2D eigenvalue weighted by molar-refractivity contribution is -0.118. The number of methoxy groups -OCH3 is 1. The number of benzene rings is 2. The van der Waals surface area contributed by atoms with Crippen LogP contribution in [0.15, 0.2) is 41.3 Å². The first-order valence-corrected chi connectivity index (χ1v) is 11.8. The smallest absolute Gasteiger partial charge is 0.229 e. The molecule has 0 aliphatic rings. The van der Waals surface area contributed by atoms with E-state index in [1.807, 2.05) is 43.3 Å². The minimum atomic E-state index is 0. The number of rotatable bonds is 9. The summed E-state index contributed by atoms with van der Waals surface area (Å²) >= 11 is 3.30. The highest BCUT2D eigenvalue weighted by atomic mass is 35.5. The van der Waals surface area contributed by atoms with E-state index in [4.69, 9.17) is 9.72 Å². The minimum absolute atomic E-state index is 0. The summed E-state index contributed by atoms with van der Waals surface area (Å²) in [6, 6.07) is 12.2. The number of hydrogen-bond donors (Lipinski definition) is 0. The highest BCUT2D eigenvalue weighted by Crippen LogP contribution is 2.33. The van der Waals surface area contributed by atoms with Crippen molar-refractivity contribution in [1.29, 1.82) is 0 Å². The van der Waals surface area contributed by atoms with Crippen LogP contribution >= 0.6 is 35.5 Å². The predicted octanol–water partition coefficient (Wildman–Crippen LogP) is 5.42. The average Bonchev–Trinajstić information content (AvgIpc) is 3.18. The topological polar surface area (TPSA) is 45.7 Å². The van der Waals surface area contributed by atoms with Gasteiger partial charge in [-0.15, -0.1) is 24.2 Å². The molecule has 0 atom stereocenters. The molecule has 0 aliphatic carbocycles. The Morgan fingerprint density at radius 2 is 1.74 bits per heavy atom. The third-order valence-corrected chi connectivity index (χ3v) is 7.11. The van der Waals surface area contributed by atoms with Crippen LogP contribution in [0.2, 0.25) is 0 Å². The SMILES string of the molecule is COc1ccc(SCCC(=O)N(CCN(C)C)c2nc3c(C)ccc(C)c3s2)cc1.Cl. The van der Waals surface area contributed by atoms with Gasteiger partial charge in [0.05, 0.1) is 17.3 Å². The van der Waals surface area contributed by atoms with Crippen LogP contribution in [0.5, 0.6) is 5.75 Å². The molecule has 0 saturated heterocycles. The quantitative estimate of drug-likeness (QED) is 0.383. The van der Waals surface area contributed by atoms with Crippen molar-refractivity contribution < 1.29 is 9.53 Å². The summed E-state index contributed by atoms with van der Waals surface area (Å²) < 4.78 is 6.37. The maximum absolute atomic E-state index is 13.1. The van der Waals surface area contributed by atoms with Gasteiger partial charge in [0.15, 0.2) is 5.13 Å². The molecule has 168 valence electrons. The van der Waals surface area contributed by atoms with Gasteiger partial charge in [-0.05, 0) is 63.3 Å². The zero-order valence-corrected chi connectivity index (χ0v) is 21.1. The normalized spacial score (nSPS) is 10.9. The molecule has 8 heteroatoms. The van der Waals surface area contributed by atoms with Crippen molar-refractivity contribution >= 4 is 56.8 Å². The number of aromatic nitrogens is 1. The molecule has 1 heterocycles. The van der Waals surface area contributed by atoms with E-state index in [1.165, 1.54) is 10.3 Å². The number of hydrogen-bond acceptors (Lipinski definition) is 6.